The third kappa shape index (κ3) is 3.72. The first kappa shape index (κ1) is 17.3. The van der Waals surface area contributed by atoms with Gasteiger partial charge in [0.05, 0.1) is 6.42 Å². The Morgan fingerprint density at radius 1 is 1.11 bits per heavy atom. The normalized spacial score (nSPS) is 20.0. The van der Waals surface area contributed by atoms with Crippen LogP contribution in [0.15, 0.2) is 36.4 Å². The van der Waals surface area contributed by atoms with Gasteiger partial charge in [-0.05, 0) is 47.7 Å². The Morgan fingerprint density at radius 2 is 1.89 bits per heavy atom. The molecule has 2 unspecified atom stereocenters. The van der Waals surface area contributed by atoms with Crippen LogP contribution >= 0.6 is 0 Å². The van der Waals surface area contributed by atoms with Gasteiger partial charge in [0.2, 0.25) is 5.91 Å². The van der Waals surface area contributed by atoms with Crippen LogP contribution in [0.4, 0.5) is 10.1 Å². The third-order valence-corrected chi connectivity index (χ3v) is 4.78. The van der Waals surface area contributed by atoms with E-state index in [1.165, 1.54) is 12.1 Å². The molecule has 0 bridgehead atoms. The number of carbonyl (C=O) groups is 2. The second kappa shape index (κ2) is 6.90. The molecule has 1 saturated carbocycles. The van der Waals surface area contributed by atoms with Gasteiger partial charge in [-0.3, -0.25) is 9.59 Å². The maximum atomic E-state index is 13.9. The lowest BCUT2D eigenvalue weighted by molar-refractivity contribution is -0.136. The summed E-state index contributed by atoms with van der Waals surface area (Å²) in [6.07, 6.45) is 0.319. The van der Waals surface area contributed by atoms with Gasteiger partial charge in [0.25, 0.3) is 0 Å². The van der Waals surface area contributed by atoms with Gasteiger partial charge < -0.3 is 19.9 Å². The summed E-state index contributed by atoms with van der Waals surface area (Å²) in [5.74, 6) is -0.614. The topological polar surface area (TPSA) is 84.9 Å². The van der Waals surface area contributed by atoms with Crippen molar-refractivity contribution in [3.8, 4) is 11.5 Å². The average molecular weight is 371 g/mol. The zero-order valence-corrected chi connectivity index (χ0v) is 14.4. The molecule has 6 nitrogen and oxygen atoms in total. The maximum Gasteiger partial charge on any atom is 0.307 e. The number of nitrogens with one attached hydrogen (secondary N) is 1. The molecule has 2 aromatic carbocycles. The fraction of sp³-hybridized carbons (Fsp3) is 0.300. The van der Waals surface area contributed by atoms with Crippen molar-refractivity contribution in [1.29, 1.82) is 0 Å². The number of anilines is 1. The van der Waals surface area contributed by atoms with E-state index in [1.54, 1.807) is 0 Å². The summed E-state index contributed by atoms with van der Waals surface area (Å²) in [4.78, 5) is 23.1. The number of fused-ring (bicyclic) bond motifs is 1. The summed E-state index contributed by atoms with van der Waals surface area (Å²) < 4.78 is 25.0. The number of rotatable bonds is 5. The van der Waals surface area contributed by atoms with E-state index in [2.05, 4.69) is 5.32 Å². The molecule has 1 aliphatic carbocycles. The van der Waals surface area contributed by atoms with E-state index in [0.29, 0.717) is 36.8 Å². The van der Waals surface area contributed by atoms with Gasteiger partial charge >= 0.3 is 5.97 Å². The van der Waals surface area contributed by atoms with Gasteiger partial charge in [-0.25, -0.2) is 4.39 Å². The number of halogens is 1. The highest BCUT2D eigenvalue weighted by molar-refractivity contribution is 5.95. The number of benzene rings is 2. The quantitative estimate of drug-likeness (QED) is 0.844. The first-order valence-electron chi connectivity index (χ1n) is 8.72. The zero-order chi connectivity index (χ0) is 19.0. The van der Waals surface area contributed by atoms with Crippen molar-refractivity contribution < 1.29 is 28.6 Å². The Labute approximate surface area is 154 Å². The van der Waals surface area contributed by atoms with Crippen LogP contribution in [0.5, 0.6) is 11.5 Å². The number of carboxylic acid groups (broad SMARTS) is 1. The van der Waals surface area contributed by atoms with Gasteiger partial charge in [0.1, 0.15) is 19.0 Å². The minimum Gasteiger partial charge on any atom is -0.486 e. The van der Waals surface area contributed by atoms with Crippen molar-refractivity contribution in [2.75, 3.05) is 18.5 Å². The van der Waals surface area contributed by atoms with Crippen molar-refractivity contribution in [3.05, 3.63) is 53.3 Å². The molecule has 1 aliphatic heterocycles. The minimum absolute atomic E-state index is 0.0843. The highest BCUT2D eigenvalue weighted by atomic mass is 19.1. The molecule has 7 heteroatoms. The summed E-state index contributed by atoms with van der Waals surface area (Å²) in [5, 5.41) is 11.5. The second-order valence-corrected chi connectivity index (χ2v) is 6.72. The van der Waals surface area contributed by atoms with Gasteiger partial charge in [0.15, 0.2) is 11.5 Å². The molecule has 1 amide bonds. The van der Waals surface area contributed by atoms with Crippen LogP contribution in [0, 0.1) is 11.7 Å². The molecule has 1 heterocycles. The van der Waals surface area contributed by atoms with Gasteiger partial charge in [0, 0.05) is 11.6 Å². The van der Waals surface area contributed by atoms with E-state index in [4.69, 9.17) is 14.6 Å². The molecule has 0 radical (unpaired) electrons. The van der Waals surface area contributed by atoms with Crippen molar-refractivity contribution in [1.82, 2.24) is 0 Å². The van der Waals surface area contributed by atoms with E-state index >= 15 is 0 Å². The highest BCUT2D eigenvalue weighted by Gasteiger charge is 2.44. The van der Waals surface area contributed by atoms with Crippen LogP contribution in [0.3, 0.4) is 0 Å². The Morgan fingerprint density at radius 3 is 2.63 bits per heavy atom. The highest BCUT2D eigenvalue weighted by Crippen LogP contribution is 2.49. The Kier molecular flexibility index (Phi) is 4.43. The minimum atomic E-state index is -1.11. The van der Waals surface area contributed by atoms with Crippen LogP contribution in [0.25, 0.3) is 0 Å². The van der Waals surface area contributed by atoms with Crippen LogP contribution in [-0.4, -0.2) is 30.2 Å². The Bertz CT molecular complexity index is 913. The number of carbonyl (C=O) groups excluding carboxylic acids is 1. The summed E-state index contributed by atoms with van der Waals surface area (Å²) in [7, 11) is 0. The fourth-order valence-electron chi connectivity index (χ4n) is 3.31. The molecule has 2 aromatic rings. The molecule has 0 saturated heterocycles. The predicted molar refractivity (Wildman–Crippen MR) is 94.6 cm³/mol. The average Bonchev–Trinajstić information content (AvgIpc) is 3.44. The number of hydrogen-bond donors (Lipinski definition) is 2. The number of ether oxygens (including phenoxy) is 2. The molecule has 27 heavy (non-hydrogen) atoms. The van der Waals surface area contributed by atoms with Gasteiger partial charge in [-0.15, -0.1) is 0 Å². The lowest BCUT2D eigenvalue weighted by Gasteiger charge is -2.18. The zero-order valence-electron chi connectivity index (χ0n) is 14.4. The van der Waals surface area contributed by atoms with Crippen LogP contribution < -0.4 is 14.8 Å². The molecule has 140 valence electrons. The van der Waals surface area contributed by atoms with Crippen molar-refractivity contribution in [2.45, 2.75) is 18.8 Å². The predicted octanol–water partition coefficient (Wildman–Crippen LogP) is 2.97. The molecule has 2 N–H and O–H groups in total. The first-order chi connectivity index (χ1) is 13.0. The lowest BCUT2D eigenvalue weighted by Crippen LogP contribution is -2.16. The molecule has 1 fully saturated rings. The summed E-state index contributed by atoms with van der Waals surface area (Å²) in [6, 6.07) is 9.74. The van der Waals surface area contributed by atoms with E-state index in [9.17, 15) is 14.0 Å². The Balaban J connectivity index is 1.40. The maximum absolute atomic E-state index is 13.9. The van der Waals surface area contributed by atoms with Crippen molar-refractivity contribution in [2.24, 2.45) is 5.92 Å². The van der Waals surface area contributed by atoms with Gasteiger partial charge in [-0.1, -0.05) is 12.1 Å². The van der Waals surface area contributed by atoms with Crippen molar-refractivity contribution in [3.63, 3.8) is 0 Å². The summed E-state index contributed by atoms with van der Waals surface area (Å²) >= 11 is 0. The largest absolute Gasteiger partial charge is 0.486 e. The van der Waals surface area contributed by atoms with E-state index in [0.717, 1.165) is 11.6 Å². The fourth-order valence-corrected chi connectivity index (χ4v) is 3.31. The van der Waals surface area contributed by atoms with Gasteiger partial charge in [-0.2, -0.15) is 0 Å². The molecule has 2 aliphatic rings. The molecule has 0 aromatic heterocycles. The van der Waals surface area contributed by atoms with Crippen LogP contribution in [0.2, 0.25) is 0 Å². The molecule has 2 atom stereocenters. The molecular weight excluding hydrogens is 353 g/mol. The van der Waals surface area contributed by atoms with Crippen LogP contribution in [-0.2, 0) is 16.0 Å². The number of aliphatic carboxylic acids is 1. The molecule has 0 spiro atoms. The first-order valence-corrected chi connectivity index (χ1v) is 8.72. The number of hydrogen-bond acceptors (Lipinski definition) is 4. The summed E-state index contributed by atoms with van der Waals surface area (Å²) in [5.41, 5.74) is 1.42. The van der Waals surface area contributed by atoms with E-state index in [1.807, 2.05) is 18.2 Å². The van der Waals surface area contributed by atoms with E-state index in [-0.39, 0.29) is 23.3 Å². The number of amides is 1. The Hall–Kier alpha value is -3.09. The van der Waals surface area contributed by atoms with Crippen molar-refractivity contribution >= 4 is 17.6 Å². The summed E-state index contributed by atoms with van der Waals surface area (Å²) in [6.45, 7) is 1.04. The standard InChI is InChI=1S/C20H18FNO5/c21-16-9-13(3-1-12(16)8-19(23)24)22-20(25)15-10-14(15)11-2-4-17-18(7-11)27-6-5-26-17/h1-4,7,9,14-15H,5-6,8,10H2,(H,22,25)(H,23,24). The SMILES string of the molecule is O=C(O)Cc1ccc(NC(=O)C2CC2c2ccc3c(c2)OCCO3)cc1F. The second-order valence-electron chi connectivity index (χ2n) is 6.72. The lowest BCUT2D eigenvalue weighted by atomic mass is 10.1. The third-order valence-electron chi connectivity index (χ3n) is 4.78. The molecule has 4 rings (SSSR count). The van der Waals surface area contributed by atoms with Crippen LogP contribution in [0.1, 0.15) is 23.5 Å². The smallest absolute Gasteiger partial charge is 0.307 e. The molecular formula is C20H18FNO5. The number of carboxylic acids is 1. The monoisotopic (exact) mass is 371 g/mol. The van der Waals surface area contributed by atoms with E-state index < -0.39 is 18.2 Å².